The third kappa shape index (κ3) is 3.72. The van der Waals surface area contributed by atoms with Crippen molar-refractivity contribution >= 4 is 15.7 Å². The summed E-state index contributed by atoms with van der Waals surface area (Å²) in [5.74, 6) is 0.230. The van der Waals surface area contributed by atoms with E-state index in [0.717, 1.165) is 6.07 Å². The van der Waals surface area contributed by atoms with Crippen LogP contribution in [0.2, 0.25) is 0 Å². The van der Waals surface area contributed by atoms with E-state index in [-0.39, 0.29) is 10.5 Å². The molecule has 0 aliphatic heterocycles. The van der Waals surface area contributed by atoms with Crippen LogP contribution in [0.1, 0.15) is 12.5 Å². The summed E-state index contributed by atoms with van der Waals surface area (Å²) >= 11 is 0. The number of aryl methyl sites for hydroxylation is 1. The summed E-state index contributed by atoms with van der Waals surface area (Å²) in [6.45, 7) is 3.93. The van der Waals surface area contributed by atoms with Crippen molar-refractivity contribution in [3.05, 3.63) is 53.8 Å². The number of ether oxygens (including phenoxy) is 1. The Morgan fingerprint density at radius 2 is 1.81 bits per heavy atom. The molecule has 0 fully saturated rings. The lowest BCUT2D eigenvalue weighted by atomic mass is 10.2. The minimum absolute atomic E-state index is 0.0234. The molecule has 2 aromatic carbocycles. The lowest BCUT2D eigenvalue weighted by Gasteiger charge is -2.10. The van der Waals surface area contributed by atoms with Gasteiger partial charge in [-0.15, -0.1) is 0 Å². The molecule has 0 aliphatic rings. The van der Waals surface area contributed by atoms with E-state index >= 15 is 0 Å². The second-order valence-electron chi connectivity index (χ2n) is 4.47. The molecule has 0 aromatic heterocycles. The fourth-order valence-electron chi connectivity index (χ4n) is 1.78. The maximum Gasteiger partial charge on any atom is 0.261 e. The van der Waals surface area contributed by atoms with Crippen molar-refractivity contribution in [2.75, 3.05) is 11.3 Å². The predicted octanol–water partition coefficient (Wildman–Crippen LogP) is 3.33. The van der Waals surface area contributed by atoms with Crippen LogP contribution in [0, 0.1) is 12.7 Å². The zero-order valence-electron chi connectivity index (χ0n) is 11.8. The van der Waals surface area contributed by atoms with Crippen molar-refractivity contribution in [3.63, 3.8) is 0 Å². The van der Waals surface area contributed by atoms with Gasteiger partial charge < -0.3 is 4.74 Å². The Labute approximate surface area is 123 Å². The highest BCUT2D eigenvalue weighted by atomic mass is 32.2. The molecule has 0 heterocycles. The number of anilines is 1. The molecule has 0 atom stereocenters. The molecule has 0 amide bonds. The lowest BCUT2D eigenvalue weighted by Crippen LogP contribution is -2.13. The number of hydrogen-bond acceptors (Lipinski definition) is 3. The number of halogens is 1. The van der Waals surface area contributed by atoms with Gasteiger partial charge in [0.2, 0.25) is 0 Å². The number of nitrogens with one attached hydrogen (secondary N) is 1. The highest BCUT2D eigenvalue weighted by Crippen LogP contribution is 2.20. The van der Waals surface area contributed by atoms with Gasteiger partial charge in [-0.05, 0) is 61.9 Å². The first-order valence-electron chi connectivity index (χ1n) is 6.44. The molecule has 1 N–H and O–H groups in total. The van der Waals surface area contributed by atoms with Gasteiger partial charge in [-0.2, -0.15) is 0 Å². The Morgan fingerprint density at radius 3 is 2.38 bits per heavy atom. The van der Waals surface area contributed by atoms with Gasteiger partial charge in [0.05, 0.1) is 11.5 Å². The van der Waals surface area contributed by atoms with Gasteiger partial charge in [0.1, 0.15) is 11.6 Å². The Bertz CT molecular complexity index is 727. The van der Waals surface area contributed by atoms with Crippen LogP contribution >= 0.6 is 0 Å². The minimum Gasteiger partial charge on any atom is -0.494 e. The van der Waals surface area contributed by atoms with Gasteiger partial charge in [0.25, 0.3) is 10.0 Å². The molecule has 21 heavy (non-hydrogen) atoms. The first-order chi connectivity index (χ1) is 9.92. The molecule has 0 aliphatic carbocycles. The smallest absolute Gasteiger partial charge is 0.261 e. The van der Waals surface area contributed by atoms with E-state index in [0.29, 0.717) is 18.0 Å². The molecular weight excluding hydrogens is 293 g/mol. The molecule has 6 heteroatoms. The Kier molecular flexibility index (Phi) is 4.47. The van der Waals surface area contributed by atoms with Crippen LogP contribution in [0.15, 0.2) is 47.4 Å². The molecule has 0 saturated carbocycles. The zero-order chi connectivity index (χ0) is 15.5. The fourth-order valence-corrected chi connectivity index (χ4v) is 2.93. The van der Waals surface area contributed by atoms with E-state index in [9.17, 15) is 12.8 Å². The van der Waals surface area contributed by atoms with E-state index in [1.807, 2.05) is 6.92 Å². The quantitative estimate of drug-likeness (QED) is 0.921. The van der Waals surface area contributed by atoms with Crippen molar-refractivity contribution in [2.45, 2.75) is 18.7 Å². The first-order valence-corrected chi connectivity index (χ1v) is 7.92. The predicted molar refractivity (Wildman–Crippen MR) is 79.6 cm³/mol. The molecule has 0 saturated heterocycles. The van der Waals surface area contributed by atoms with E-state index in [1.54, 1.807) is 24.3 Å². The average Bonchev–Trinajstić information content (AvgIpc) is 2.44. The highest BCUT2D eigenvalue weighted by Gasteiger charge is 2.15. The van der Waals surface area contributed by atoms with Crippen molar-refractivity contribution in [1.29, 1.82) is 0 Å². The lowest BCUT2D eigenvalue weighted by molar-refractivity contribution is 0.340. The zero-order valence-corrected chi connectivity index (χ0v) is 12.6. The summed E-state index contributed by atoms with van der Waals surface area (Å²) in [5, 5.41) is 0. The Morgan fingerprint density at radius 1 is 1.14 bits per heavy atom. The van der Waals surface area contributed by atoms with Crippen molar-refractivity contribution in [3.8, 4) is 5.75 Å². The SMILES string of the molecule is CCOc1ccc(NS(=O)(=O)c2ccc(F)c(C)c2)cc1. The standard InChI is InChI=1S/C15H16FNO3S/c1-3-20-13-6-4-12(5-7-13)17-21(18,19)14-8-9-15(16)11(2)10-14/h4-10,17H,3H2,1-2H3. The Balaban J connectivity index is 2.22. The molecule has 2 rings (SSSR count). The molecule has 0 spiro atoms. The third-order valence-electron chi connectivity index (χ3n) is 2.86. The van der Waals surface area contributed by atoms with Crippen LogP contribution in [-0.2, 0) is 10.0 Å². The molecule has 0 unspecified atom stereocenters. The number of benzene rings is 2. The van der Waals surface area contributed by atoms with Crippen molar-refractivity contribution in [1.82, 2.24) is 0 Å². The Hall–Kier alpha value is -2.08. The summed E-state index contributed by atoms with van der Waals surface area (Å²) in [4.78, 5) is 0.0234. The molecule has 0 radical (unpaired) electrons. The molecule has 4 nitrogen and oxygen atoms in total. The second-order valence-corrected chi connectivity index (χ2v) is 6.16. The van der Waals surface area contributed by atoms with Gasteiger partial charge in [-0.3, -0.25) is 4.72 Å². The average molecular weight is 309 g/mol. The summed E-state index contributed by atoms with van der Waals surface area (Å²) in [5.41, 5.74) is 0.699. The van der Waals surface area contributed by atoms with Crippen LogP contribution in [-0.4, -0.2) is 15.0 Å². The minimum atomic E-state index is -3.74. The van der Waals surface area contributed by atoms with Gasteiger partial charge >= 0.3 is 0 Å². The van der Waals surface area contributed by atoms with E-state index in [4.69, 9.17) is 4.74 Å². The van der Waals surface area contributed by atoms with E-state index < -0.39 is 15.8 Å². The van der Waals surface area contributed by atoms with Crippen LogP contribution in [0.4, 0.5) is 10.1 Å². The van der Waals surface area contributed by atoms with E-state index in [2.05, 4.69) is 4.72 Å². The fraction of sp³-hybridized carbons (Fsp3) is 0.200. The monoisotopic (exact) mass is 309 g/mol. The van der Waals surface area contributed by atoms with Crippen LogP contribution < -0.4 is 9.46 Å². The number of hydrogen-bond donors (Lipinski definition) is 1. The highest BCUT2D eigenvalue weighted by molar-refractivity contribution is 7.92. The number of rotatable bonds is 5. The topological polar surface area (TPSA) is 55.4 Å². The maximum absolute atomic E-state index is 13.2. The molecule has 112 valence electrons. The third-order valence-corrected chi connectivity index (χ3v) is 4.24. The van der Waals surface area contributed by atoms with Gasteiger partial charge in [-0.1, -0.05) is 0 Å². The van der Waals surface area contributed by atoms with Crippen LogP contribution in [0.5, 0.6) is 5.75 Å². The van der Waals surface area contributed by atoms with Gasteiger partial charge in [-0.25, -0.2) is 12.8 Å². The van der Waals surface area contributed by atoms with Gasteiger partial charge in [0.15, 0.2) is 0 Å². The summed E-state index contributed by atoms with van der Waals surface area (Å²) in [6, 6.07) is 10.2. The molecular formula is C15H16FNO3S. The normalized spacial score (nSPS) is 11.2. The largest absolute Gasteiger partial charge is 0.494 e. The summed E-state index contributed by atoms with van der Waals surface area (Å²) in [7, 11) is -3.74. The van der Waals surface area contributed by atoms with Gasteiger partial charge in [0, 0.05) is 5.69 Å². The number of sulfonamides is 1. The van der Waals surface area contributed by atoms with Crippen LogP contribution in [0.25, 0.3) is 0 Å². The maximum atomic E-state index is 13.2. The molecule has 2 aromatic rings. The first kappa shape index (κ1) is 15.3. The van der Waals surface area contributed by atoms with Crippen LogP contribution in [0.3, 0.4) is 0 Å². The second kappa shape index (κ2) is 6.13. The summed E-state index contributed by atoms with van der Waals surface area (Å²) in [6.07, 6.45) is 0. The van der Waals surface area contributed by atoms with E-state index in [1.165, 1.54) is 19.1 Å². The van der Waals surface area contributed by atoms with Crippen molar-refractivity contribution < 1.29 is 17.5 Å². The molecule has 0 bridgehead atoms. The summed E-state index contributed by atoms with van der Waals surface area (Å²) < 4.78 is 45.4. The van der Waals surface area contributed by atoms with Crippen molar-refractivity contribution in [2.24, 2.45) is 0 Å².